The van der Waals surface area contributed by atoms with E-state index in [1.807, 2.05) is 12.1 Å². The maximum absolute atomic E-state index is 12.3. The predicted octanol–water partition coefficient (Wildman–Crippen LogP) is 5.90. The Morgan fingerprint density at radius 2 is 1.75 bits per heavy atom. The summed E-state index contributed by atoms with van der Waals surface area (Å²) >= 11 is 14.0. The molecule has 0 aliphatic rings. The number of hydrogen-bond donors (Lipinski definition) is 1. The maximum atomic E-state index is 12.3. The highest BCUT2D eigenvalue weighted by atomic mass is 127. The fourth-order valence-electron chi connectivity index (χ4n) is 2.26. The molecule has 6 nitrogen and oxygen atoms in total. The fraction of sp³-hybridized carbons (Fsp3) is 0. The van der Waals surface area contributed by atoms with Gasteiger partial charge < -0.3 is 9.52 Å². The zero-order chi connectivity index (χ0) is 20.4. The molecule has 3 heterocycles. The number of carboxylic acid groups (broad SMARTS) is 1. The minimum Gasteiger partial charge on any atom is -0.478 e. The number of carbonyl (C=O) groups is 1. The van der Waals surface area contributed by atoms with E-state index >= 15 is 0 Å². The fourth-order valence-corrected chi connectivity index (χ4v) is 3.60. The van der Waals surface area contributed by atoms with E-state index in [2.05, 4.69) is 64.4 Å². The first-order chi connectivity index (χ1) is 13.3. The molecule has 0 atom stereocenters. The molecule has 0 saturated heterocycles. The standard InChI is InChI=1S/C12H5BrINO2.C6H3BrClNO2/c13-6-3-9-11(16)8-4-7(14)1-2-10(8)17-12(9)15-5-6;7-3-1-4(6(10)11)5(8)9-2-3/h1-5H;1-2H,(H,10,11). The molecule has 0 saturated carbocycles. The highest BCUT2D eigenvalue weighted by molar-refractivity contribution is 14.1. The minimum absolute atomic E-state index is 0.000648. The first-order valence-electron chi connectivity index (χ1n) is 7.48. The highest BCUT2D eigenvalue weighted by Gasteiger charge is 2.10. The molecule has 10 heteroatoms. The lowest BCUT2D eigenvalue weighted by Crippen LogP contribution is -2.03. The van der Waals surface area contributed by atoms with Gasteiger partial charge in [0.1, 0.15) is 10.7 Å². The molecule has 0 amide bonds. The Kier molecular flexibility index (Phi) is 6.69. The summed E-state index contributed by atoms with van der Waals surface area (Å²) in [7, 11) is 0. The molecule has 3 aromatic heterocycles. The van der Waals surface area contributed by atoms with Crippen molar-refractivity contribution in [3.05, 3.63) is 76.2 Å². The van der Waals surface area contributed by atoms with Crippen LogP contribution in [0.25, 0.3) is 22.1 Å². The molecule has 0 unspecified atom stereocenters. The van der Waals surface area contributed by atoms with E-state index in [1.54, 1.807) is 18.3 Å². The number of pyridine rings is 2. The van der Waals surface area contributed by atoms with Crippen LogP contribution in [0.1, 0.15) is 10.4 Å². The molecule has 0 spiro atoms. The summed E-state index contributed by atoms with van der Waals surface area (Å²) < 4.78 is 7.97. The smallest absolute Gasteiger partial charge is 0.338 e. The number of halogens is 4. The Balaban J connectivity index is 0.000000178. The van der Waals surface area contributed by atoms with Crippen LogP contribution in [0.2, 0.25) is 5.15 Å². The number of nitrogens with zero attached hydrogens (tertiary/aromatic N) is 2. The van der Waals surface area contributed by atoms with E-state index in [-0.39, 0.29) is 16.1 Å². The van der Waals surface area contributed by atoms with Crippen LogP contribution in [-0.4, -0.2) is 21.0 Å². The molecule has 0 aliphatic heterocycles. The molecule has 4 rings (SSSR count). The molecule has 1 N–H and O–H groups in total. The van der Waals surface area contributed by atoms with Crippen LogP contribution in [0.4, 0.5) is 0 Å². The topological polar surface area (TPSA) is 93.3 Å². The Labute approximate surface area is 193 Å². The molecule has 4 aromatic rings. The summed E-state index contributed by atoms with van der Waals surface area (Å²) in [6.07, 6.45) is 3.05. The van der Waals surface area contributed by atoms with Gasteiger partial charge in [-0.1, -0.05) is 11.6 Å². The Hall–Kier alpha value is -1.56. The second-order valence-electron chi connectivity index (χ2n) is 5.37. The summed E-state index contributed by atoms with van der Waals surface area (Å²) in [6, 6.07) is 8.64. The van der Waals surface area contributed by atoms with Crippen LogP contribution in [-0.2, 0) is 0 Å². The van der Waals surface area contributed by atoms with Gasteiger partial charge in [0, 0.05) is 24.9 Å². The molecule has 1 aromatic carbocycles. The molecule has 0 aliphatic carbocycles. The van der Waals surface area contributed by atoms with Crippen LogP contribution in [0, 0.1) is 3.57 Å². The number of rotatable bonds is 1. The van der Waals surface area contributed by atoms with Gasteiger partial charge in [-0.15, -0.1) is 0 Å². The average molecular weight is 638 g/mol. The molecule has 0 fully saturated rings. The molecule has 0 radical (unpaired) electrons. The van der Waals surface area contributed by atoms with Crippen molar-refractivity contribution in [2.24, 2.45) is 0 Å². The number of carboxylic acids is 1. The zero-order valence-electron chi connectivity index (χ0n) is 13.6. The number of aromatic carboxylic acids is 1. The summed E-state index contributed by atoms with van der Waals surface area (Å²) in [5.41, 5.74) is 0.888. The van der Waals surface area contributed by atoms with Crippen LogP contribution in [0.15, 0.2) is 60.9 Å². The second kappa shape index (κ2) is 8.85. The molecular weight excluding hydrogens is 630 g/mol. The maximum Gasteiger partial charge on any atom is 0.338 e. The molecule has 28 heavy (non-hydrogen) atoms. The number of hydrogen-bond acceptors (Lipinski definition) is 5. The van der Waals surface area contributed by atoms with Crippen LogP contribution in [0.3, 0.4) is 0 Å². The van der Waals surface area contributed by atoms with Crippen molar-refractivity contribution in [2.45, 2.75) is 0 Å². The lowest BCUT2D eigenvalue weighted by Gasteiger charge is -2.01. The van der Waals surface area contributed by atoms with Crippen molar-refractivity contribution in [1.82, 2.24) is 9.97 Å². The van der Waals surface area contributed by atoms with E-state index in [4.69, 9.17) is 21.1 Å². The van der Waals surface area contributed by atoms with Crippen molar-refractivity contribution < 1.29 is 14.3 Å². The van der Waals surface area contributed by atoms with E-state index in [9.17, 15) is 9.59 Å². The molecular formula is C18H8Br2ClIN2O4. The SMILES string of the molecule is O=C(O)c1cc(Br)cnc1Cl.O=c1c2cc(I)ccc2oc2ncc(Br)cc12. The number of aromatic nitrogens is 2. The Morgan fingerprint density at radius 3 is 2.43 bits per heavy atom. The average Bonchev–Trinajstić information content (AvgIpc) is 2.65. The van der Waals surface area contributed by atoms with Crippen LogP contribution in [0.5, 0.6) is 0 Å². The quantitative estimate of drug-likeness (QED) is 0.159. The van der Waals surface area contributed by atoms with Gasteiger partial charge in [0.25, 0.3) is 0 Å². The number of fused-ring (bicyclic) bond motifs is 2. The summed E-state index contributed by atoms with van der Waals surface area (Å²) in [4.78, 5) is 30.4. The van der Waals surface area contributed by atoms with Gasteiger partial charge in [-0.25, -0.2) is 14.8 Å². The van der Waals surface area contributed by atoms with Crippen LogP contribution < -0.4 is 5.43 Å². The zero-order valence-corrected chi connectivity index (χ0v) is 19.7. The summed E-state index contributed by atoms with van der Waals surface area (Å²) in [5, 5.41) is 9.63. The Morgan fingerprint density at radius 1 is 1.07 bits per heavy atom. The third-order valence-electron chi connectivity index (χ3n) is 3.49. The van der Waals surface area contributed by atoms with Crippen molar-refractivity contribution in [3.8, 4) is 0 Å². The van der Waals surface area contributed by atoms with Crippen molar-refractivity contribution in [1.29, 1.82) is 0 Å². The molecule has 142 valence electrons. The monoisotopic (exact) mass is 636 g/mol. The van der Waals surface area contributed by atoms with E-state index < -0.39 is 5.97 Å². The van der Waals surface area contributed by atoms with Gasteiger partial charge in [0.05, 0.1) is 16.3 Å². The molecule has 0 bridgehead atoms. The van der Waals surface area contributed by atoms with Crippen molar-refractivity contribution in [3.63, 3.8) is 0 Å². The van der Waals surface area contributed by atoms with E-state index in [0.29, 0.717) is 26.5 Å². The van der Waals surface area contributed by atoms with Gasteiger partial charge in [0.2, 0.25) is 11.1 Å². The van der Waals surface area contributed by atoms with Crippen molar-refractivity contribution in [2.75, 3.05) is 0 Å². The number of benzene rings is 1. The Bertz CT molecular complexity index is 1220. The third kappa shape index (κ3) is 4.70. The van der Waals surface area contributed by atoms with Gasteiger partial charge in [-0.05, 0) is 84.8 Å². The van der Waals surface area contributed by atoms with Crippen molar-refractivity contribution >= 4 is 94.1 Å². The highest BCUT2D eigenvalue weighted by Crippen LogP contribution is 2.21. The largest absolute Gasteiger partial charge is 0.478 e. The van der Waals surface area contributed by atoms with Gasteiger partial charge in [-0.3, -0.25) is 4.79 Å². The predicted molar refractivity (Wildman–Crippen MR) is 122 cm³/mol. The van der Waals surface area contributed by atoms with Gasteiger partial charge in [0.15, 0.2) is 0 Å². The van der Waals surface area contributed by atoms with Crippen LogP contribution >= 0.6 is 66.1 Å². The first kappa shape index (κ1) is 21.2. The van der Waals surface area contributed by atoms with E-state index in [0.717, 1.165) is 8.04 Å². The minimum atomic E-state index is -1.08. The normalized spacial score (nSPS) is 10.6. The lowest BCUT2D eigenvalue weighted by atomic mass is 10.2. The third-order valence-corrected chi connectivity index (χ3v) is 5.33. The first-order valence-corrected chi connectivity index (χ1v) is 10.5. The van der Waals surface area contributed by atoms with Gasteiger partial charge in [-0.2, -0.15) is 0 Å². The van der Waals surface area contributed by atoms with Gasteiger partial charge >= 0.3 is 5.97 Å². The summed E-state index contributed by atoms with van der Waals surface area (Å²) in [6.45, 7) is 0. The second-order valence-corrected chi connectivity index (χ2v) is 8.81. The lowest BCUT2D eigenvalue weighted by molar-refractivity contribution is 0.0696. The summed E-state index contributed by atoms with van der Waals surface area (Å²) in [5.74, 6) is -1.08. The van der Waals surface area contributed by atoms with E-state index in [1.165, 1.54) is 12.3 Å².